The molecule has 18 heavy (non-hydrogen) atoms. The van der Waals surface area contributed by atoms with Gasteiger partial charge in [-0.15, -0.1) is 0 Å². The topological polar surface area (TPSA) is 66.8 Å². The predicted octanol–water partition coefficient (Wildman–Crippen LogP) is 1.06. The maximum absolute atomic E-state index is 13.3. The minimum atomic E-state index is -2.07. The molecule has 0 aliphatic heterocycles. The molecule has 0 saturated carbocycles. The van der Waals surface area contributed by atoms with Gasteiger partial charge in [0.1, 0.15) is 11.9 Å². The Balaban J connectivity index is 3.00. The van der Waals surface area contributed by atoms with Crippen LogP contribution in [0.4, 0.5) is 13.2 Å². The van der Waals surface area contributed by atoms with Crippen molar-refractivity contribution in [2.75, 3.05) is 7.11 Å². The number of methoxy groups -OCH3 is 1. The normalized spacial score (nSPS) is 14.1. The van der Waals surface area contributed by atoms with Crippen molar-refractivity contribution in [2.24, 2.45) is 0 Å². The highest BCUT2D eigenvalue weighted by Gasteiger charge is 2.28. The summed E-state index contributed by atoms with van der Waals surface area (Å²) in [6, 6.07) is 1.16. The van der Waals surface area contributed by atoms with Gasteiger partial charge in [0.25, 0.3) is 0 Å². The first kappa shape index (κ1) is 14.5. The lowest BCUT2D eigenvalue weighted by atomic mass is 10.0. The monoisotopic (exact) mass is 264 g/mol. The molecular formula is C11H11F3O4. The minimum Gasteiger partial charge on any atom is -0.469 e. The summed E-state index contributed by atoms with van der Waals surface area (Å²) in [4.78, 5) is 10.8. The van der Waals surface area contributed by atoms with E-state index in [4.69, 9.17) is 0 Å². The van der Waals surface area contributed by atoms with Crippen LogP contribution in [0.15, 0.2) is 12.1 Å². The fraction of sp³-hybridized carbons (Fsp3) is 0.364. The van der Waals surface area contributed by atoms with Crippen LogP contribution in [-0.4, -0.2) is 29.4 Å². The lowest BCUT2D eigenvalue weighted by molar-refractivity contribution is -0.144. The number of halogens is 3. The van der Waals surface area contributed by atoms with Crippen LogP contribution in [0.25, 0.3) is 0 Å². The molecule has 1 aromatic carbocycles. The summed E-state index contributed by atoms with van der Waals surface area (Å²) in [7, 11) is 1.05. The van der Waals surface area contributed by atoms with E-state index in [0.29, 0.717) is 12.1 Å². The minimum absolute atomic E-state index is 0.549. The first-order chi connectivity index (χ1) is 8.38. The number of carbonyl (C=O) groups excluding carboxylic acids is 1. The molecule has 0 heterocycles. The fourth-order valence-corrected chi connectivity index (χ4v) is 1.37. The Morgan fingerprint density at radius 2 is 1.83 bits per heavy atom. The highest BCUT2D eigenvalue weighted by atomic mass is 19.2. The van der Waals surface area contributed by atoms with Crippen LogP contribution in [-0.2, 0) is 9.53 Å². The number of benzene rings is 1. The van der Waals surface area contributed by atoms with Crippen molar-refractivity contribution in [3.63, 3.8) is 0 Å². The van der Waals surface area contributed by atoms with E-state index < -0.39 is 47.6 Å². The Hall–Kier alpha value is -1.60. The smallest absolute Gasteiger partial charge is 0.308 e. The Morgan fingerprint density at radius 1 is 1.28 bits per heavy atom. The van der Waals surface area contributed by atoms with E-state index in [1.807, 2.05) is 0 Å². The van der Waals surface area contributed by atoms with Crippen LogP contribution in [0.3, 0.4) is 0 Å². The van der Waals surface area contributed by atoms with Gasteiger partial charge in [-0.2, -0.15) is 0 Å². The van der Waals surface area contributed by atoms with Crippen LogP contribution < -0.4 is 0 Å². The summed E-state index contributed by atoms with van der Waals surface area (Å²) < 4.78 is 43.7. The Morgan fingerprint density at radius 3 is 2.39 bits per heavy atom. The summed E-state index contributed by atoms with van der Waals surface area (Å²) in [6.45, 7) is 0. The van der Waals surface area contributed by atoms with E-state index in [0.717, 1.165) is 7.11 Å². The van der Waals surface area contributed by atoms with Crippen LogP contribution in [0.5, 0.6) is 0 Å². The molecule has 0 amide bonds. The number of aliphatic hydroxyl groups excluding tert-OH is 2. The molecular weight excluding hydrogens is 253 g/mol. The Labute approximate surface area is 101 Å². The number of aliphatic hydroxyl groups is 2. The molecule has 0 saturated heterocycles. The fourth-order valence-electron chi connectivity index (χ4n) is 1.37. The van der Waals surface area contributed by atoms with Gasteiger partial charge in [0.05, 0.1) is 25.2 Å². The van der Waals surface area contributed by atoms with E-state index in [9.17, 15) is 28.2 Å². The summed E-state index contributed by atoms with van der Waals surface area (Å²) in [6.07, 6.45) is -4.55. The van der Waals surface area contributed by atoms with E-state index in [1.54, 1.807) is 0 Å². The van der Waals surface area contributed by atoms with E-state index >= 15 is 0 Å². The first-order valence-corrected chi connectivity index (χ1v) is 4.94. The maximum atomic E-state index is 13.3. The van der Waals surface area contributed by atoms with Gasteiger partial charge in [-0.1, -0.05) is 0 Å². The average molecular weight is 264 g/mol. The molecule has 0 fully saturated rings. The van der Waals surface area contributed by atoms with Crippen molar-refractivity contribution in [1.29, 1.82) is 0 Å². The standard InChI is InChI=1S/C11H11F3O4/c1-18-8(16)4-7(15)11(17)9-5(12)2-3-6(13)10(9)14/h2-3,7,11,15,17H,4H2,1H3. The molecule has 0 aromatic heterocycles. The molecule has 1 aromatic rings. The zero-order valence-electron chi connectivity index (χ0n) is 9.36. The largest absolute Gasteiger partial charge is 0.469 e. The zero-order chi connectivity index (χ0) is 13.9. The van der Waals surface area contributed by atoms with Crippen LogP contribution in [0.2, 0.25) is 0 Å². The third kappa shape index (κ3) is 2.99. The van der Waals surface area contributed by atoms with Gasteiger partial charge in [0.2, 0.25) is 0 Å². The number of carbonyl (C=O) groups is 1. The quantitative estimate of drug-likeness (QED) is 0.630. The molecule has 2 atom stereocenters. The Kier molecular flexibility index (Phi) is 4.69. The summed E-state index contributed by atoms with van der Waals surface area (Å²) in [5.41, 5.74) is -1.02. The first-order valence-electron chi connectivity index (χ1n) is 4.94. The predicted molar refractivity (Wildman–Crippen MR) is 53.9 cm³/mol. The number of hydrogen-bond donors (Lipinski definition) is 2. The van der Waals surface area contributed by atoms with Crippen molar-refractivity contribution >= 4 is 5.97 Å². The molecule has 2 N–H and O–H groups in total. The van der Waals surface area contributed by atoms with Crippen LogP contribution in [0.1, 0.15) is 18.1 Å². The zero-order valence-corrected chi connectivity index (χ0v) is 9.36. The molecule has 0 aliphatic carbocycles. The number of rotatable bonds is 4. The molecule has 0 radical (unpaired) electrons. The third-order valence-corrected chi connectivity index (χ3v) is 2.34. The second-order valence-corrected chi connectivity index (χ2v) is 3.55. The summed E-state index contributed by atoms with van der Waals surface area (Å²) in [5.74, 6) is -5.06. The number of hydrogen-bond acceptors (Lipinski definition) is 4. The number of ether oxygens (including phenoxy) is 1. The average Bonchev–Trinajstić information content (AvgIpc) is 2.33. The lowest BCUT2D eigenvalue weighted by Gasteiger charge is -2.18. The van der Waals surface area contributed by atoms with Gasteiger partial charge in [0, 0.05) is 0 Å². The van der Waals surface area contributed by atoms with Crippen LogP contribution >= 0.6 is 0 Å². The van der Waals surface area contributed by atoms with Gasteiger partial charge in [-0.05, 0) is 12.1 Å². The lowest BCUT2D eigenvalue weighted by Crippen LogP contribution is -2.24. The van der Waals surface area contributed by atoms with Crippen LogP contribution in [0, 0.1) is 17.5 Å². The summed E-state index contributed by atoms with van der Waals surface area (Å²) >= 11 is 0. The van der Waals surface area contributed by atoms with Crippen molar-refractivity contribution in [3.05, 3.63) is 35.1 Å². The van der Waals surface area contributed by atoms with Gasteiger partial charge >= 0.3 is 5.97 Å². The van der Waals surface area contributed by atoms with Gasteiger partial charge in [-0.3, -0.25) is 4.79 Å². The van der Waals surface area contributed by atoms with E-state index in [-0.39, 0.29) is 0 Å². The van der Waals surface area contributed by atoms with E-state index in [1.165, 1.54) is 0 Å². The molecule has 1 rings (SSSR count). The molecule has 0 bridgehead atoms. The van der Waals surface area contributed by atoms with Gasteiger partial charge in [0.15, 0.2) is 11.6 Å². The Bertz CT molecular complexity index is 450. The third-order valence-electron chi connectivity index (χ3n) is 2.34. The highest BCUT2D eigenvalue weighted by molar-refractivity contribution is 5.69. The molecule has 4 nitrogen and oxygen atoms in total. The molecule has 0 spiro atoms. The van der Waals surface area contributed by atoms with Crippen molar-refractivity contribution in [3.8, 4) is 0 Å². The molecule has 7 heteroatoms. The molecule has 2 unspecified atom stereocenters. The highest BCUT2D eigenvalue weighted by Crippen LogP contribution is 2.26. The number of esters is 1. The van der Waals surface area contributed by atoms with Gasteiger partial charge in [-0.25, -0.2) is 13.2 Å². The maximum Gasteiger partial charge on any atom is 0.308 e. The second kappa shape index (κ2) is 5.83. The second-order valence-electron chi connectivity index (χ2n) is 3.55. The van der Waals surface area contributed by atoms with Crippen molar-refractivity contribution < 1.29 is 32.9 Å². The van der Waals surface area contributed by atoms with Crippen molar-refractivity contribution in [2.45, 2.75) is 18.6 Å². The summed E-state index contributed by atoms with van der Waals surface area (Å²) in [5, 5.41) is 18.9. The van der Waals surface area contributed by atoms with E-state index in [2.05, 4.69) is 4.74 Å². The molecule has 100 valence electrons. The van der Waals surface area contributed by atoms with Gasteiger partial charge < -0.3 is 14.9 Å². The molecule has 0 aliphatic rings. The van der Waals surface area contributed by atoms with Crippen molar-refractivity contribution in [1.82, 2.24) is 0 Å². The SMILES string of the molecule is COC(=O)CC(O)C(O)c1c(F)ccc(F)c1F.